The van der Waals surface area contributed by atoms with E-state index in [1.807, 2.05) is 31.5 Å². The van der Waals surface area contributed by atoms with Crippen LogP contribution in [-0.2, 0) is 6.54 Å². The van der Waals surface area contributed by atoms with Crippen LogP contribution in [0.5, 0.6) is 0 Å². The van der Waals surface area contributed by atoms with Gasteiger partial charge in [-0.15, -0.1) is 6.58 Å². The molecule has 1 aromatic heterocycles. The summed E-state index contributed by atoms with van der Waals surface area (Å²) in [7, 11) is 0. The smallest absolute Gasteiger partial charge is 0.0993 e. The predicted molar refractivity (Wildman–Crippen MR) is 57.0 cm³/mol. The Bertz CT molecular complexity index is 328. The normalized spacial score (nSPS) is 12.9. The summed E-state index contributed by atoms with van der Waals surface area (Å²) in [5, 5.41) is 14.2. The Balaban J connectivity index is 2.87. The van der Waals surface area contributed by atoms with Crippen molar-refractivity contribution in [2.24, 2.45) is 0 Å². The summed E-state index contributed by atoms with van der Waals surface area (Å²) in [5.41, 5.74) is 2.81. The third-order valence-corrected chi connectivity index (χ3v) is 2.12. The summed E-state index contributed by atoms with van der Waals surface area (Å²) >= 11 is 0. The van der Waals surface area contributed by atoms with Crippen LogP contribution in [-0.4, -0.2) is 14.9 Å². The van der Waals surface area contributed by atoms with Crippen molar-refractivity contribution in [3.63, 3.8) is 0 Å². The number of nitrogens with zero attached hydrogens (tertiary/aromatic N) is 2. The van der Waals surface area contributed by atoms with Gasteiger partial charge in [-0.25, -0.2) is 0 Å². The van der Waals surface area contributed by atoms with Crippen LogP contribution in [0.25, 0.3) is 0 Å². The average Bonchev–Trinajstić information content (AvgIpc) is 2.45. The second-order valence-electron chi connectivity index (χ2n) is 3.70. The molecule has 0 aliphatic carbocycles. The van der Waals surface area contributed by atoms with E-state index in [2.05, 4.69) is 11.7 Å². The van der Waals surface area contributed by atoms with E-state index >= 15 is 0 Å². The van der Waals surface area contributed by atoms with Gasteiger partial charge < -0.3 is 5.11 Å². The number of hydrogen-bond acceptors (Lipinski definition) is 2. The molecule has 1 aromatic rings. The molecule has 1 heterocycles. The molecule has 0 amide bonds. The molecule has 1 atom stereocenters. The van der Waals surface area contributed by atoms with E-state index in [0.29, 0.717) is 6.42 Å². The molecule has 1 N–H and O–H groups in total. The lowest BCUT2D eigenvalue weighted by Gasteiger charge is -2.11. The Morgan fingerprint density at radius 1 is 1.71 bits per heavy atom. The molecule has 0 aliphatic heterocycles. The van der Waals surface area contributed by atoms with Gasteiger partial charge in [0.25, 0.3) is 0 Å². The van der Waals surface area contributed by atoms with Crippen molar-refractivity contribution < 1.29 is 5.11 Å². The Morgan fingerprint density at radius 3 is 2.86 bits per heavy atom. The second kappa shape index (κ2) is 4.42. The highest BCUT2D eigenvalue weighted by Gasteiger charge is 2.13. The molecule has 0 aromatic carbocycles. The quantitative estimate of drug-likeness (QED) is 0.746. The summed E-state index contributed by atoms with van der Waals surface area (Å²) in [5.74, 6) is 0. The molecule has 1 unspecified atom stereocenters. The monoisotopic (exact) mass is 194 g/mol. The highest BCUT2D eigenvalue weighted by atomic mass is 16.3. The van der Waals surface area contributed by atoms with Gasteiger partial charge in [-0.3, -0.25) is 4.68 Å². The molecule has 3 heteroatoms. The molecule has 0 fully saturated rings. The molecule has 0 bridgehead atoms. The Morgan fingerprint density at radius 2 is 2.36 bits per heavy atom. The topological polar surface area (TPSA) is 38.1 Å². The van der Waals surface area contributed by atoms with Crippen molar-refractivity contribution in [3.05, 3.63) is 29.6 Å². The number of aryl methyl sites for hydroxylation is 2. The maximum atomic E-state index is 9.89. The first-order chi connectivity index (χ1) is 6.54. The van der Waals surface area contributed by atoms with Crippen molar-refractivity contribution in [2.75, 3.05) is 0 Å². The summed E-state index contributed by atoms with van der Waals surface area (Å²) in [6.07, 6.45) is 0.124. The first kappa shape index (κ1) is 11.0. The van der Waals surface area contributed by atoms with Gasteiger partial charge in [-0.2, -0.15) is 5.10 Å². The molecule has 14 heavy (non-hydrogen) atoms. The van der Waals surface area contributed by atoms with Crippen molar-refractivity contribution >= 4 is 0 Å². The zero-order chi connectivity index (χ0) is 10.7. The molecule has 0 saturated heterocycles. The van der Waals surface area contributed by atoms with E-state index in [0.717, 1.165) is 23.5 Å². The highest BCUT2D eigenvalue weighted by Crippen LogP contribution is 2.20. The van der Waals surface area contributed by atoms with Crippen molar-refractivity contribution in [2.45, 2.75) is 39.8 Å². The number of aliphatic hydroxyl groups excluding tert-OH is 1. The second-order valence-corrected chi connectivity index (χ2v) is 3.70. The number of hydrogen-bond donors (Lipinski definition) is 1. The maximum absolute atomic E-state index is 9.89. The Labute approximate surface area is 85.1 Å². The lowest BCUT2D eigenvalue weighted by Crippen LogP contribution is -2.08. The first-order valence-electron chi connectivity index (χ1n) is 4.91. The van der Waals surface area contributed by atoms with E-state index in [-0.39, 0.29) is 0 Å². The molecule has 3 nitrogen and oxygen atoms in total. The number of rotatable bonds is 4. The molecular formula is C11H18N2O. The van der Waals surface area contributed by atoms with E-state index in [1.54, 1.807) is 0 Å². The number of aliphatic hydroxyl groups is 1. The first-order valence-corrected chi connectivity index (χ1v) is 4.91. The van der Waals surface area contributed by atoms with Crippen LogP contribution in [0.2, 0.25) is 0 Å². The zero-order valence-electron chi connectivity index (χ0n) is 9.12. The average molecular weight is 194 g/mol. The molecule has 0 radical (unpaired) electrons. The van der Waals surface area contributed by atoms with Crippen LogP contribution in [0.3, 0.4) is 0 Å². The zero-order valence-corrected chi connectivity index (χ0v) is 9.12. The molecular weight excluding hydrogens is 176 g/mol. The molecule has 0 saturated carbocycles. The summed E-state index contributed by atoms with van der Waals surface area (Å²) in [6, 6.07) is 1.93. The highest BCUT2D eigenvalue weighted by molar-refractivity contribution is 5.13. The molecule has 0 aliphatic rings. The van der Waals surface area contributed by atoms with Gasteiger partial charge in [-0.05, 0) is 33.3 Å². The van der Waals surface area contributed by atoms with Gasteiger partial charge in [0, 0.05) is 6.54 Å². The SMILES string of the molecule is C=C(C)CC(O)c1cc(C)nn1CC. The fourth-order valence-electron chi connectivity index (χ4n) is 1.52. The van der Waals surface area contributed by atoms with Gasteiger partial charge in [0.1, 0.15) is 0 Å². The summed E-state index contributed by atoms with van der Waals surface area (Å²) in [6.45, 7) is 10.5. The third kappa shape index (κ3) is 2.45. The number of aromatic nitrogens is 2. The van der Waals surface area contributed by atoms with Gasteiger partial charge in [0.05, 0.1) is 17.5 Å². The van der Waals surface area contributed by atoms with Gasteiger partial charge in [0.15, 0.2) is 0 Å². The van der Waals surface area contributed by atoms with Crippen molar-refractivity contribution in [3.8, 4) is 0 Å². The van der Waals surface area contributed by atoms with Crippen molar-refractivity contribution in [1.82, 2.24) is 9.78 Å². The lowest BCUT2D eigenvalue weighted by atomic mass is 10.1. The van der Waals surface area contributed by atoms with Gasteiger partial charge in [0.2, 0.25) is 0 Å². The fourth-order valence-corrected chi connectivity index (χ4v) is 1.52. The van der Waals surface area contributed by atoms with E-state index in [9.17, 15) is 5.11 Å². The van der Waals surface area contributed by atoms with Crippen LogP contribution in [0, 0.1) is 6.92 Å². The Kier molecular flexibility index (Phi) is 3.47. The molecule has 0 spiro atoms. The van der Waals surface area contributed by atoms with E-state index < -0.39 is 6.10 Å². The molecule has 78 valence electrons. The van der Waals surface area contributed by atoms with Crippen LogP contribution in [0.4, 0.5) is 0 Å². The largest absolute Gasteiger partial charge is 0.386 e. The van der Waals surface area contributed by atoms with Crippen LogP contribution >= 0.6 is 0 Å². The van der Waals surface area contributed by atoms with Crippen molar-refractivity contribution in [1.29, 1.82) is 0 Å². The fraction of sp³-hybridized carbons (Fsp3) is 0.545. The van der Waals surface area contributed by atoms with Gasteiger partial charge in [-0.1, -0.05) is 5.57 Å². The minimum atomic E-state index is -0.478. The third-order valence-electron chi connectivity index (χ3n) is 2.12. The molecule has 1 rings (SSSR count). The van der Waals surface area contributed by atoms with E-state index in [4.69, 9.17) is 0 Å². The Hall–Kier alpha value is -1.09. The van der Waals surface area contributed by atoms with Crippen LogP contribution in [0.1, 0.15) is 37.8 Å². The van der Waals surface area contributed by atoms with Gasteiger partial charge >= 0.3 is 0 Å². The summed E-state index contributed by atoms with van der Waals surface area (Å²) in [4.78, 5) is 0. The van der Waals surface area contributed by atoms with Crippen LogP contribution < -0.4 is 0 Å². The van der Waals surface area contributed by atoms with E-state index in [1.165, 1.54) is 0 Å². The maximum Gasteiger partial charge on any atom is 0.0993 e. The minimum Gasteiger partial charge on any atom is -0.386 e. The van der Waals surface area contributed by atoms with Crippen LogP contribution in [0.15, 0.2) is 18.2 Å². The predicted octanol–water partition coefficient (Wildman–Crippen LogP) is 2.21. The minimum absolute atomic E-state index is 0.478. The summed E-state index contributed by atoms with van der Waals surface area (Å²) < 4.78 is 1.84. The standard InChI is InChI=1S/C11H18N2O/c1-5-13-10(7-9(4)12-13)11(14)6-8(2)3/h7,11,14H,2,5-6H2,1,3-4H3. The lowest BCUT2D eigenvalue weighted by molar-refractivity contribution is 0.167.